The zero-order chi connectivity index (χ0) is 46.2. The predicted octanol–water partition coefficient (Wildman–Crippen LogP) is 10.5. The third kappa shape index (κ3) is 2.88. The summed E-state index contributed by atoms with van der Waals surface area (Å²) >= 11 is 0. The Kier molecular flexibility index (Phi) is 1.84. The largest absolute Gasteiger partial charge is 0.456 e. The van der Waals surface area contributed by atoms with Gasteiger partial charge in [-0.15, -0.1) is 0 Å². The first-order chi connectivity index (χ1) is 29.4. The van der Waals surface area contributed by atoms with Crippen LogP contribution in [-0.4, -0.2) is 4.57 Å². The van der Waals surface area contributed by atoms with Crippen LogP contribution in [0.25, 0.3) is 71.3 Å². The van der Waals surface area contributed by atoms with E-state index < -0.39 is 222 Å². The number of aromatic nitrogens is 1. The van der Waals surface area contributed by atoms with Crippen LogP contribution < -0.4 is 4.74 Å². The summed E-state index contributed by atoms with van der Waals surface area (Å²) in [5.41, 5.74) is -4.09. The number of hydrogen-bond donors (Lipinski definition) is 0. The Morgan fingerprint density at radius 1 is 0.425 bits per heavy atom. The maximum absolute atomic E-state index is 9.50. The van der Waals surface area contributed by atoms with Crippen LogP contribution in [0.15, 0.2) is 139 Å². The summed E-state index contributed by atoms with van der Waals surface area (Å²) in [5.74, 6) is -1.14. The fourth-order valence-corrected chi connectivity index (χ4v) is 5.15. The third-order valence-corrected chi connectivity index (χ3v) is 6.74. The fourth-order valence-electron chi connectivity index (χ4n) is 5.15. The molecule has 2 heterocycles. The molecule has 0 fully saturated rings. The highest BCUT2D eigenvalue weighted by Gasteiger charge is 2.23. The quantitative estimate of drug-likeness (QED) is 0.216. The van der Waals surface area contributed by atoms with Gasteiger partial charge in [-0.2, -0.15) is 0 Å². The molecule has 8 aromatic rings. The molecule has 2 nitrogen and oxygen atoms in total. The topological polar surface area (TPSA) is 14.2 Å². The first-order valence-electron chi connectivity index (χ1n) is 23.3. The fraction of sp³-hybridized carbons (Fsp3) is 0. The summed E-state index contributed by atoms with van der Waals surface area (Å²) in [6, 6.07) is -19.4. The van der Waals surface area contributed by atoms with Crippen molar-refractivity contribution in [3.63, 3.8) is 0 Å². The molecule has 40 heavy (non-hydrogen) atoms. The van der Waals surface area contributed by atoms with Crippen molar-refractivity contribution in [2.45, 2.75) is 0 Å². The van der Waals surface area contributed by atoms with E-state index in [4.69, 9.17) is 28.0 Å². The van der Waals surface area contributed by atoms with Crippen molar-refractivity contribution in [3.8, 4) is 39.4 Å². The van der Waals surface area contributed by atoms with Gasteiger partial charge in [-0.25, -0.2) is 0 Å². The van der Waals surface area contributed by atoms with E-state index in [9.17, 15) is 8.22 Å². The highest BCUT2D eigenvalue weighted by Crippen LogP contribution is 2.49. The monoisotopic (exact) mass is 532 g/mol. The maximum Gasteiger partial charge on any atom is 0.135 e. The molecule has 0 radical (unpaired) electrons. The van der Waals surface area contributed by atoms with Crippen molar-refractivity contribution in [1.82, 2.24) is 4.57 Å². The summed E-state index contributed by atoms with van der Waals surface area (Å²) < 4.78 is 212. The smallest absolute Gasteiger partial charge is 0.135 e. The molecule has 0 atom stereocenters. The molecule has 0 spiro atoms. The third-order valence-electron chi connectivity index (χ3n) is 6.74. The number of rotatable bonds is 2. The van der Waals surface area contributed by atoms with E-state index in [1.54, 1.807) is 0 Å². The van der Waals surface area contributed by atoms with Gasteiger partial charge in [-0.3, -0.25) is 0 Å². The first kappa shape index (κ1) is 9.11. The number of ether oxygens (including phenoxy) is 1. The number of para-hydroxylation sites is 3. The van der Waals surface area contributed by atoms with Crippen LogP contribution in [0.1, 0.15) is 31.5 Å². The summed E-state index contributed by atoms with van der Waals surface area (Å²) in [5, 5.41) is -3.06. The van der Waals surface area contributed by atoms with E-state index in [1.807, 2.05) is 0 Å². The molecular formula is C38H23NO. The van der Waals surface area contributed by atoms with Crippen LogP contribution in [-0.2, 0) is 0 Å². The van der Waals surface area contributed by atoms with Gasteiger partial charge in [0.05, 0.1) is 42.6 Å². The van der Waals surface area contributed by atoms with Crippen molar-refractivity contribution in [1.29, 1.82) is 0 Å². The van der Waals surface area contributed by atoms with Crippen molar-refractivity contribution < 1.29 is 36.3 Å². The Hall–Kier alpha value is -5.34. The average molecular weight is 533 g/mol. The molecule has 0 bridgehead atoms. The lowest BCUT2D eigenvalue weighted by Crippen LogP contribution is -1.99. The highest BCUT2D eigenvalue weighted by atomic mass is 16.5. The lowest BCUT2D eigenvalue weighted by atomic mass is 9.90. The number of nitrogens with zero attached hydrogens (tertiary/aromatic N) is 1. The minimum absolute atomic E-state index is 0.400. The second-order valence-corrected chi connectivity index (χ2v) is 8.77. The lowest BCUT2D eigenvalue weighted by molar-refractivity contribution is 0.487. The molecular weight excluding hydrogens is 486 g/mol. The van der Waals surface area contributed by atoms with E-state index in [0.29, 0.717) is 0 Å². The van der Waals surface area contributed by atoms with Gasteiger partial charge in [0.25, 0.3) is 0 Å². The molecule has 1 aliphatic rings. The van der Waals surface area contributed by atoms with E-state index in [0.717, 1.165) is 4.57 Å². The normalized spacial score (nSPS) is 20.2. The molecule has 186 valence electrons. The molecule has 9 rings (SSSR count). The van der Waals surface area contributed by atoms with Crippen molar-refractivity contribution in [2.24, 2.45) is 0 Å². The number of benzene rings is 7. The second kappa shape index (κ2) is 8.08. The molecule has 0 unspecified atom stereocenters. The van der Waals surface area contributed by atoms with Crippen LogP contribution in [0.3, 0.4) is 0 Å². The molecule has 0 saturated heterocycles. The zero-order valence-electron chi connectivity index (χ0n) is 42.9. The summed E-state index contributed by atoms with van der Waals surface area (Å²) in [6.07, 6.45) is 0. The molecule has 0 aliphatic carbocycles. The Morgan fingerprint density at radius 2 is 1.12 bits per heavy atom. The zero-order valence-corrected chi connectivity index (χ0v) is 19.9. The van der Waals surface area contributed by atoms with Gasteiger partial charge in [0, 0.05) is 38.4 Å². The minimum Gasteiger partial charge on any atom is -0.456 e. The van der Waals surface area contributed by atoms with Gasteiger partial charge < -0.3 is 9.30 Å². The highest BCUT2D eigenvalue weighted by molar-refractivity contribution is 6.22. The van der Waals surface area contributed by atoms with Gasteiger partial charge in [0.1, 0.15) is 11.5 Å². The molecule has 0 N–H and O–H groups in total. The van der Waals surface area contributed by atoms with Gasteiger partial charge in [0.15, 0.2) is 0 Å². The Bertz CT molecular complexity index is 3550. The van der Waals surface area contributed by atoms with Gasteiger partial charge in [0.2, 0.25) is 0 Å². The Morgan fingerprint density at radius 3 is 2.05 bits per heavy atom. The molecule has 0 saturated carbocycles. The molecule has 0 amide bonds. The second-order valence-electron chi connectivity index (χ2n) is 8.77. The average Bonchev–Trinajstić information content (AvgIpc) is 3.60. The Balaban J connectivity index is 1.67. The lowest BCUT2D eigenvalue weighted by Gasteiger charge is -2.22. The van der Waals surface area contributed by atoms with E-state index in [2.05, 4.69) is 0 Å². The van der Waals surface area contributed by atoms with Crippen LogP contribution in [0, 0.1) is 0 Å². The van der Waals surface area contributed by atoms with Crippen molar-refractivity contribution >= 4 is 43.4 Å². The molecule has 1 aromatic heterocycles. The van der Waals surface area contributed by atoms with E-state index >= 15 is 0 Å². The minimum atomic E-state index is -0.947. The molecule has 1 aliphatic heterocycles. The number of hydrogen-bond acceptors (Lipinski definition) is 1. The van der Waals surface area contributed by atoms with E-state index in [1.165, 1.54) is 0 Å². The first-order valence-corrected chi connectivity index (χ1v) is 11.8. The molecule has 7 aromatic carbocycles. The van der Waals surface area contributed by atoms with Crippen molar-refractivity contribution in [3.05, 3.63) is 139 Å². The molecule has 2 heteroatoms. The summed E-state index contributed by atoms with van der Waals surface area (Å²) in [4.78, 5) is 0. The van der Waals surface area contributed by atoms with Crippen LogP contribution in [0.4, 0.5) is 0 Å². The van der Waals surface area contributed by atoms with Crippen LogP contribution >= 0.6 is 0 Å². The Labute approximate surface area is 263 Å². The van der Waals surface area contributed by atoms with E-state index in [-0.39, 0.29) is 0 Å². The van der Waals surface area contributed by atoms with Crippen molar-refractivity contribution in [2.75, 3.05) is 0 Å². The standard InChI is InChI=1S/C38H23NO/c1-2-11-25(12-3-1)39-37-26-13-5-4-10-24(26)20-21-33(37)32-18-9-17-31(38(32)39)27-22-23-35-36-29(27)15-8-16-30(36)28-14-6-7-19-34(28)40-35/h1-23H/i1D,2D,3D,4D,5D,6D,7D,8D,9D,10D,11D,12D,13D,14D,15D,16D,17D,18D,19D,20D,21D,22D,23D. The predicted molar refractivity (Wildman–Crippen MR) is 167 cm³/mol. The summed E-state index contributed by atoms with van der Waals surface area (Å²) in [7, 11) is 0. The van der Waals surface area contributed by atoms with Gasteiger partial charge in [-0.1, -0.05) is 109 Å². The number of fused-ring (bicyclic) bond motifs is 7. The van der Waals surface area contributed by atoms with Crippen LogP contribution in [0.5, 0.6) is 11.5 Å². The maximum atomic E-state index is 9.50. The SMILES string of the molecule is [2H]c1c([2H])c([2H])c(-n2c3c(-c4c([2H])c([2H])c5c6c(c([2H])c([2H])c([2H])c46)-c4c([2H])c([2H])c([2H])c([2H])c4O5)c([2H])c([2H])c([2H])c3c3c([2H])c([2H])c4c([2H])c([2H])c([2H])c([2H])c4c32)c([2H])c1[2H]. The van der Waals surface area contributed by atoms with Gasteiger partial charge >= 0.3 is 0 Å². The van der Waals surface area contributed by atoms with Crippen LogP contribution in [0.2, 0.25) is 0 Å². The van der Waals surface area contributed by atoms with Gasteiger partial charge in [-0.05, 0) is 52.1 Å². The summed E-state index contributed by atoms with van der Waals surface area (Å²) in [6.45, 7) is 0.